The van der Waals surface area contributed by atoms with Crippen LogP contribution in [0.2, 0.25) is 0 Å². The smallest absolute Gasteiger partial charge is 0.322 e. The van der Waals surface area contributed by atoms with Crippen LogP contribution in [0.15, 0.2) is 0 Å². The number of nitrogens with zero attached hydrogens (tertiary/aromatic N) is 1. The van der Waals surface area contributed by atoms with Crippen molar-refractivity contribution in [3.8, 4) is 0 Å². The number of carbonyl (C=O) groups is 1. The molecule has 2 atom stereocenters. The zero-order chi connectivity index (χ0) is 8.43. The maximum Gasteiger partial charge on any atom is 0.322 e. The molecule has 0 saturated carbocycles. The van der Waals surface area contributed by atoms with Crippen molar-refractivity contribution >= 4 is 14.0 Å². The molecule has 0 bridgehead atoms. The maximum absolute atomic E-state index is 11.0. The van der Waals surface area contributed by atoms with Gasteiger partial charge in [0.05, 0.1) is 13.2 Å². The lowest BCUT2D eigenvalue weighted by atomic mass is 10.1. The summed E-state index contributed by atoms with van der Waals surface area (Å²) in [6, 6.07) is -0.362. The first-order valence-electron chi connectivity index (χ1n) is 3.50. The summed E-state index contributed by atoms with van der Waals surface area (Å²) in [6.45, 7) is 0.555. The molecule has 1 heterocycles. The van der Waals surface area contributed by atoms with Crippen molar-refractivity contribution in [2.24, 2.45) is 5.73 Å². The fraction of sp³-hybridized carbons (Fsp3) is 0.833. The summed E-state index contributed by atoms with van der Waals surface area (Å²) >= 11 is 0. The fourth-order valence-electron chi connectivity index (χ4n) is 1.26. The van der Waals surface area contributed by atoms with E-state index in [0.29, 0.717) is 13.0 Å². The molecule has 0 amide bonds. The molecule has 2 N–H and O–H groups in total. The first kappa shape index (κ1) is 8.55. The van der Waals surface area contributed by atoms with Crippen LogP contribution in [0.25, 0.3) is 0 Å². The van der Waals surface area contributed by atoms with E-state index in [9.17, 15) is 4.79 Å². The second kappa shape index (κ2) is 3.23. The summed E-state index contributed by atoms with van der Waals surface area (Å²) in [7, 11) is 6.85. The van der Waals surface area contributed by atoms with Crippen LogP contribution >= 0.6 is 0 Å². The minimum absolute atomic E-state index is 0.0101. The lowest BCUT2D eigenvalue weighted by Crippen LogP contribution is -2.34. The molecule has 1 fully saturated rings. The highest BCUT2D eigenvalue weighted by Gasteiger charge is 2.32. The molecular formula is C6H11BN2O2. The maximum atomic E-state index is 11.0. The summed E-state index contributed by atoms with van der Waals surface area (Å²) in [4.78, 5) is 12.4. The Bertz CT molecular complexity index is 165. The Morgan fingerprint density at radius 2 is 2.45 bits per heavy atom. The number of nitrogens with two attached hydrogens (primary N) is 1. The zero-order valence-electron chi connectivity index (χ0n) is 6.49. The molecule has 5 heteroatoms. The molecule has 0 aromatic heterocycles. The Morgan fingerprint density at radius 3 is 2.82 bits per heavy atom. The van der Waals surface area contributed by atoms with Crippen LogP contribution in [0.5, 0.6) is 0 Å². The Morgan fingerprint density at radius 1 is 1.82 bits per heavy atom. The van der Waals surface area contributed by atoms with E-state index in [2.05, 4.69) is 4.74 Å². The van der Waals surface area contributed by atoms with Gasteiger partial charge in [-0.1, -0.05) is 0 Å². The molecule has 4 nitrogen and oxygen atoms in total. The summed E-state index contributed by atoms with van der Waals surface area (Å²) in [5, 5.41) is 0. The average Bonchev–Trinajstić information content (AvgIpc) is 2.28. The van der Waals surface area contributed by atoms with Crippen molar-refractivity contribution in [1.29, 1.82) is 0 Å². The zero-order valence-corrected chi connectivity index (χ0v) is 6.49. The highest BCUT2D eigenvalue weighted by Crippen LogP contribution is 2.14. The monoisotopic (exact) mass is 154 g/mol. The van der Waals surface area contributed by atoms with Gasteiger partial charge in [0.2, 0.25) is 0 Å². The average molecular weight is 154 g/mol. The van der Waals surface area contributed by atoms with E-state index in [1.807, 2.05) is 0 Å². The van der Waals surface area contributed by atoms with Crippen LogP contribution < -0.4 is 5.73 Å². The number of hydrogen-bond donors (Lipinski definition) is 1. The Hall–Kier alpha value is -0.545. The second-order valence-corrected chi connectivity index (χ2v) is 2.73. The van der Waals surface area contributed by atoms with Gasteiger partial charge in [-0.05, 0) is 6.42 Å². The van der Waals surface area contributed by atoms with E-state index in [0.717, 1.165) is 0 Å². The van der Waals surface area contributed by atoms with Gasteiger partial charge in [-0.2, -0.15) is 0 Å². The van der Waals surface area contributed by atoms with Crippen molar-refractivity contribution < 1.29 is 9.53 Å². The summed E-state index contributed by atoms with van der Waals surface area (Å²) in [5.41, 5.74) is 5.58. The van der Waals surface area contributed by atoms with Gasteiger partial charge in [-0.3, -0.25) is 4.79 Å². The number of methoxy groups -OCH3 is 1. The minimum atomic E-state index is -0.352. The molecule has 0 aromatic rings. The van der Waals surface area contributed by atoms with Gasteiger partial charge in [-0.25, -0.2) is 0 Å². The highest BCUT2D eigenvalue weighted by atomic mass is 16.5. The molecular weight excluding hydrogens is 143 g/mol. The van der Waals surface area contributed by atoms with Gasteiger partial charge < -0.3 is 15.3 Å². The molecule has 0 spiro atoms. The number of ether oxygens (including phenoxy) is 1. The molecule has 0 aliphatic carbocycles. The molecule has 1 aliphatic rings. The van der Waals surface area contributed by atoms with Crippen molar-refractivity contribution in [3.63, 3.8) is 0 Å². The minimum Gasteiger partial charge on any atom is -0.468 e. The standard InChI is InChI=1S/C6H11BN2O2/c1-11-6(10)5-2-4(8)3-9(5)7/h4-5H,2-3,8H2,1H3/t4-,5-/m0/s1. The third-order valence-corrected chi connectivity index (χ3v) is 1.84. The first-order chi connectivity index (χ1) is 5.15. The van der Waals surface area contributed by atoms with E-state index in [4.69, 9.17) is 13.7 Å². The third kappa shape index (κ3) is 1.72. The molecule has 0 unspecified atom stereocenters. The van der Waals surface area contributed by atoms with E-state index >= 15 is 0 Å². The van der Waals surface area contributed by atoms with Crippen molar-refractivity contribution in [2.45, 2.75) is 18.5 Å². The Labute approximate surface area is 67.1 Å². The topological polar surface area (TPSA) is 55.6 Å². The number of carbonyl (C=O) groups excluding carboxylic acids is 1. The summed E-state index contributed by atoms with van der Waals surface area (Å²) in [6.07, 6.45) is 0.586. The van der Waals surface area contributed by atoms with E-state index in [-0.39, 0.29) is 18.1 Å². The summed E-state index contributed by atoms with van der Waals surface area (Å²) in [5.74, 6) is -0.305. The molecule has 2 radical (unpaired) electrons. The lowest BCUT2D eigenvalue weighted by molar-refractivity contribution is -0.144. The molecule has 1 rings (SSSR count). The van der Waals surface area contributed by atoms with Crippen LogP contribution in [0, 0.1) is 0 Å². The highest BCUT2D eigenvalue weighted by molar-refractivity contribution is 6.06. The van der Waals surface area contributed by atoms with E-state index in [1.54, 1.807) is 0 Å². The summed E-state index contributed by atoms with van der Waals surface area (Å²) < 4.78 is 4.54. The van der Waals surface area contributed by atoms with Gasteiger partial charge >= 0.3 is 5.97 Å². The van der Waals surface area contributed by atoms with Crippen molar-refractivity contribution in [2.75, 3.05) is 13.7 Å². The largest absolute Gasteiger partial charge is 0.468 e. The van der Waals surface area contributed by atoms with E-state index in [1.165, 1.54) is 11.9 Å². The van der Waals surface area contributed by atoms with Crippen LogP contribution in [-0.4, -0.2) is 44.5 Å². The van der Waals surface area contributed by atoms with Crippen LogP contribution in [0.3, 0.4) is 0 Å². The number of rotatable bonds is 1. The third-order valence-electron chi connectivity index (χ3n) is 1.84. The molecule has 1 saturated heterocycles. The number of esters is 1. The van der Waals surface area contributed by atoms with Gasteiger partial charge in [0, 0.05) is 12.6 Å². The predicted octanol–water partition coefficient (Wildman–Crippen LogP) is -1.36. The Kier molecular flexibility index (Phi) is 2.51. The molecule has 0 aromatic carbocycles. The van der Waals surface area contributed by atoms with Crippen molar-refractivity contribution in [1.82, 2.24) is 4.81 Å². The van der Waals surface area contributed by atoms with Crippen LogP contribution in [0.1, 0.15) is 6.42 Å². The first-order valence-corrected chi connectivity index (χ1v) is 3.50. The SMILES string of the molecule is [B]N1C[C@@H](N)C[C@H]1C(=O)OC. The van der Waals surface area contributed by atoms with Crippen LogP contribution in [0.4, 0.5) is 0 Å². The Balaban J connectivity index is 2.52. The molecule has 1 aliphatic heterocycles. The van der Waals surface area contributed by atoms with Gasteiger partial charge in [-0.15, -0.1) is 0 Å². The van der Waals surface area contributed by atoms with Crippen LogP contribution in [-0.2, 0) is 9.53 Å². The molecule has 11 heavy (non-hydrogen) atoms. The fourth-order valence-corrected chi connectivity index (χ4v) is 1.26. The quantitative estimate of drug-likeness (QED) is 0.374. The number of hydrogen-bond acceptors (Lipinski definition) is 4. The molecule has 60 valence electrons. The van der Waals surface area contributed by atoms with E-state index < -0.39 is 0 Å². The second-order valence-electron chi connectivity index (χ2n) is 2.73. The van der Waals surface area contributed by atoms with Crippen molar-refractivity contribution in [3.05, 3.63) is 0 Å². The predicted molar refractivity (Wildman–Crippen MR) is 40.9 cm³/mol. The van der Waals surface area contributed by atoms with Gasteiger partial charge in [0.15, 0.2) is 7.98 Å². The van der Waals surface area contributed by atoms with Gasteiger partial charge in [0.1, 0.15) is 0 Å². The lowest BCUT2D eigenvalue weighted by Gasteiger charge is -2.16. The van der Waals surface area contributed by atoms with Gasteiger partial charge in [0.25, 0.3) is 0 Å². The normalized spacial score (nSPS) is 32.2.